The number of Topliss-reactive ketones (excluding diaryl/α,β-unsaturated/α-hetero) is 1. The molecule has 1 aromatic carbocycles. The average molecular weight is 294 g/mol. The van der Waals surface area contributed by atoms with Crippen LogP contribution in [0.2, 0.25) is 5.02 Å². The highest BCUT2D eigenvalue weighted by atomic mass is 35.5. The van der Waals surface area contributed by atoms with E-state index in [2.05, 4.69) is 10.6 Å². The van der Waals surface area contributed by atoms with Gasteiger partial charge in [0, 0.05) is 13.1 Å². The van der Waals surface area contributed by atoms with Gasteiger partial charge in [-0.05, 0) is 19.1 Å². The number of ketones is 1. The number of anilines is 2. The summed E-state index contributed by atoms with van der Waals surface area (Å²) in [5.41, 5.74) is 1.36. The topological polar surface area (TPSA) is 78.5 Å². The first kappa shape index (κ1) is 12.9. The summed E-state index contributed by atoms with van der Waals surface area (Å²) in [6.07, 6.45) is 0. The van der Waals surface area contributed by atoms with Crippen LogP contribution in [-0.4, -0.2) is 36.7 Å². The molecule has 0 radical (unpaired) electrons. The van der Waals surface area contributed by atoms with Crippen molar-refractivity contribution in [3.8, 4) is 0 Å². The lowest BCUT2D eigenvalue weighted by Crippen LogP contribution is -2.54. The predicted octanol–water partition coefficient (Wildman–Crippen LogP) is 0.799. The number of halogens is 1. The Labute approximate surface area is 120 Å². The molecule has 1 atom stereocenters. The van der Waals surface area contributed by atoms with Crippen LogP contribution in [-0.2, 0) is 9.59 Å². The van der Waals surface area contributed by atoms with Gasteiger partial charge in [-0.25, -0.2) is 0 Å². The molecule has 2 aliphatic heterocycles. The molecule has 2 amide bonds. The normalized spacial score (nSPS) is 21.6. The molecule has 1 unspecified atom stereocenters. The van der Waals surface area contributed by atoms with Crippen LogP contribution in [0.15, 0.2) is 12.1 Å². The molecular weight excluding hydrogens is 282 g/mol. The number of hydrogen-bond donors (Lipinski definition) is 2. The number of piperazine rings is 1. The van der Waals surface area contributed by atoms with Crippen molar-refractivity contribution >= 4 is 40.6 Å². The smallest absolute Gasteiger partial charge is 0.296 e. The molecule has 2 aliphatic rings. The van der Waals surface area contributed by atoms with Gasteiger partial charge in [0.1, 0.15) is 6.04 Å². The van der Waals surface area contributed by atoms with E-state index in [-0.39, 0.29) is 17.5 Å². The SMILES string of the molecule is CC1C(=O)NCCN1c1cc2c(cc1Cl)C(=O)C(=O)N2. The Bertz CT molecular complexity index is 644. The maximum atomic E-state index is 11.7. The molecule has 1 saturated heterocycles. The van der Waals surface area contributed by atoms with Crippen LogP contribution < -0.4 is 15.5 Å². The van der Waals surface area contributed by atoms with E-state index < -0.39 is 11.7 Å². The third-order valence-corrected chi connectivity index (χ3v) is 3.90. The number of hydrogen-bond acceptors (Lipinski definition) is 4. The van der Waals surface area contributed by atoms with Gasteiger partial charge in [0.25, 0.3) is 11.7 Å². The van der Waals surface area contributed by atoms with Gasteiger partial charge in [-0.3, -0.25) is 14.4 Å². The first-order valence-corrected chi connectivity index (χ1v) is 6.60. The Morgan fingerprint density at radius 2 is 2.05 bits per heavy atom. The number of nitrogens with one attached hydrogen (secondary N) is 2. The zero-order valence-electron chi connectivity index (χ0n) is 10.7. The zero-order valence-corrected chi connectivity index (χ0v) is 11.5. The Morgan fingerprint density at radius 3 is 2.80 bits per heavy atom. The van der Waals surface area contributed by atoms with Crippen LogP contribution in [0.1, 0.15) is 17.3 Å². The summed E-state index contributed by atoms with van der Waals surface area (Å²) in [7, 11) is 0. The number of nitrogens with zero attached hydrogens (tertiary/aromatic N) is 1. The highest BCUT2D eigenvalue weighted by molar-refractivity contribution is 6.52. The second kappa shape index (κ2) is 4.49. The summed E-state index contributed by atoms with van der Waals surface area (Å²) in [5, 5.41) is 5.63. The van der Waals surface area contributed by atoms with Gasteiger partial charge >= 0.3 is 0 Å². The van der Waals surface area contributed by atoms with E-state index in [0.29, 0.717) is 29.5 Å². The van der Waals surface area contributed by atoms with Gasteiger partial charge in [0.15, 0.2) is 0 Å². The van der Waals surface area contributed by atoms with Crippen molar-refractivity contribution in [1.82, 2.24) is 5.32 Å². The monoisotopic (exact) mass is 293 g/mol. The Kier molecular flexibility index (Phi) is 2.90. The zero-order chi connectivity index (χ0) is 14.4. The highest BCUT2D eigenvalue weighted by Crippen LogP contribution is 2.36. The van der Waals surface area contributed by atoms with Crippen LogP contribution in [0.4, 0.5) is 11.4 Å². The first-order chi connectivity index (χ1) is 9.49. The van der Waals surface area contributed by atoms with Gasteiger partial charge in [-0.1, -0.05) is 11.6 Å². The maximum absolute atomic E-state index is 11.7. The summed E-state index contributed by atoms with van der Waals surface area (Å²) < 4.78 is 0. The molecular formula is C13H12ClN3O3. The van der Waals surface area contributed by atoms with Crippen molar-refractivity contribution in [3.63, 3.8) is 0 Å². The number of carbonyl (C=O) groups is 3. The lowest BCUT2D eigenvalue weighted by atomic mass is 10.1. The van der Waals surface area contributed by atoms with E-state index in [0.717, 1.165) is 0 Å². The largest absolute Gasteiger partial charge is 0.357 e. The maximum Gasteiger partial charge on any atom is 0.296 e. The molecule has 2 N–H and O–H groups in total. The van der Waals surface area contributed by atoms with Crippen molar-refractivity contribution in [3.05, 3.63) is 22.7 Å². The fourth-order valence-electron chi connectivity index (χ4n) is 2.49. The van der Waals surface area contributed by atoms with E-state index >= 15 is 0 Å². The molecule has 1 fully saturated rings. The number of amides is 2. The number of benzene rings is 1. The van der Waals surface area contributed by atoms with Crippen LogP contribution in [0.3, 0.4) is 0 Å². The predicted molar refractivity (Wildman–Crippen MR) is 74.2 cm³/mol. The average Bonchev–Trinajstić information content (AvgIpc) is 2.68. The summed E-state index contributed by atoms with van der Waals surface area (Å²) >= 11 is 6.20. The van der Waals surface area contributed by atoms with Crippen LogP contribution in [0.25, 0.3) is 0 Å². The molecule has 0 aromatic heterocycles. The summed E-state index contributed by atoms with van der Waals surface area (Å²) in [6.45, 7) is 2.93. The fraction of sp³-hybridized carbons (Fsp3) is 0.308. The first-order valence-electron chi connectivity index (χ1n) is 6.22. The van der Waals surface area contributed by atoms with E-state index in [4.69, 9.17) is 11.6 Å². The van der Waals surface area contributed by atoms with Gasteiger partial charge in [-0.15, -0.1) is 0 Å². The Hall–Kier alpha value is -2.08. The molecule has 3 rings (SSSR count). The molecule has 1 aromatic rings. The highest BCUT2D eigenvalue weighted by Gasteiger charge is 2.32. The van der Waals surface area contributed by atoms with E-state index in [1.165, 1.54) is 6.07 Å². The molecule has 6 nitrogen and oxygen atoms in total. The van der Waals surface area contributed by atoms with Crippen molar-refractivity contribution < 1.29 is 14.4 Å². The van der Waals surface area contributed by atoms with E-state index in [1.807, 2.05) is 4.90 Å². The van der Waals surface area contributed by atoms with Crippen LogP contribution >= 0.6 is 11.6 Å². The molecule has 2 heterocycles. The second-order valence-corrected chi connectivity index (χ2v) is 5.20. The van der Waals surface area contributed by atoms with Crippen LogP contribution in [0, 0.1) is 0 Å². The summed E-state index contributed by atoms with van der Waals surface area (Å²) in [4.78, 5) is 36.5. The standard InChI is InChI=1S/C13H12ClN3O3/c1-6-12(19)15-2-3-17(6)10-5-9-7(4-8(10)14)11(18)13(20)16-9/h4-6H,2-3H2,1H3,(H,15,19)(H,16,18,20). The Morgan fingerprint density at radius 1 is 1.30 bits per heavy atom. The molecule has 0 aliphatic carbocycles. The van der Waals surface area contributed by atoms with E-state index in [9.17, 15) is 14.4 Å². The third-order valence-electron chi connectivity index (χ3n) is 3.59. The van der Waals surface area contributed by atoms with Gasteiger partial charge < -0.3 is 15.5 Å². The second-order valence-electron chi connectivity index (χ2n) is 4.79. The van der Waals surface area contributed by atoms with E-state index in [1.54, 1.807) is 13.0 Å². The lowest BCUT2D eigenvalue weighted by Gasteiger charge is -2.35. The fourth-order valence-corrected chi connectivity index (χ4v) is 2.76. The minimum absolute atomic E-state index is 0.0760. The molecule has 7 heteroatoms. The number of fused-ring (bicyclic) bond motifs is 1. The van der Waals surface area contributed by atoms with Crippen molar-refractivity contribution in [2.24, 2.45) is 0 Å². The van der Waals surface area contributed by atoms with Crippen molar-refractivity contribution in [1.29, 1.82) is 0 Å². The quantitative estimate of drug-likeness (QED) is 0.751. The summed E-state index contributed by atoms with van der Waals surface area (Å²) in [5.74, 6) is -1.32. The van der Waals surface area contributed by atoms with Crippen molar-refractivity contribution in [2.75, 3.05) is 23.3 Å². The van der Waals surface area contributed by atoms with Gasteiger partial charge in [0.2, 0.25) is 5.91 Å². The molecule has 104 valence electrons. The van der Waals surface area contributed by atoms with Crippen LogP contribution in [0.5, 0.6) is 0 Å². The molecule has 0 saturated carbocycles. The number of rotatable bonds is 1. The van der Waals surface area contributed by atoms with Gasteiger partial charge in [0.05, 0.1) is 22.0 Å². The molecule has 0 bridgehead atoms. The minimum Gasteiger partial charge on any atom is -0.357 e. The Balaban J connectivity index is 2.04. The van der Waals surface area contributed by atoms with Crippen molar-refractivity contribution in [2.45, 2.75) is 13.0 Å². The molecule has 0 spiro atoms. The minimum atomic E-state index is -0.655. The number of carbonyl (C=O) groups excluding carboxylic acids is 3. The summed E-state index contributed by atoms with van der Waals surface area (Å²) in [6, 6.07) is 2.77. The third kappa shape index (κ3) is 1.84. The molecule has 20 heavy (non-hydrogen) atoms. The lowest BCUT2D eigenvalue weighted by molar-refractivity contribution is -0.122. The van der Waals surface area contributed by atoms with Gasteiger partial charge in [-0.2, -0.15) is 0 Å².